The number of rotatable bonds is 3. The van der Waals surface area contributed by atoms with Gasteiger partial charge in [0.2, 0.25) is 0 Å². The molecule has 0 bridgehead atoms. The van der Waals surface area contributed by atoms with Gasteiger partial charge in [-0.1, -0.05) is 12.8 Å². The predicted octanol–water partition coefficient (Wildman–Crippen LogP) is 4.53. The number of aryl methyl sites for hydroxylation is 3. The largest absolute Gasteiger partial charge is 0.540 e. The minimum Gasteiger partial charge on any atom is -0.540 e. The molecule has 2 aromatic carbocycles. The maximum Gasteiger partial charge on any atom is 0.261 e. The number of nitrogens with zero attached hydrogens (tertiary/aromatic N) is 1. The molecular formula is C22H29IrNO5S-2. The number of aliphatic imine (C=N–C) groups is 1. The van der Waals surface area contributed by atoms with Crippen LogP contribution < -0.4 is 9.47 Å². The summed E-state index contributed by atoms with van der Waals surface area (Å²) in [5, 5.41) is 0. The first-order valence-corrected chi connectivity index (χ1v) is 10.7. The van der Waals surface area contributed by atoms with Crippen molar-refractivity contribution >= 4 is 21.5 Å². The molecule has 1 aliphatic carbocycles. The molecule has 1 radical (unpaired) electrons. The van der Waals surface area contributed by atoms with Crippen LogP contribution in [0, 0.1) is 27.3 Å². The van der Waals surface area contributed by atoms with Crippen LogP contribution in [0.15, 0.2) is 29.3 Å². The average molecular weight is 612 g/mol. The standard InChI is InChI=1S/C20H22NO2.CH4O3S.CH3.Ir/c1-13-10-16(11-14(2)20(13)23-4)21-19-7-5-6-15-12-17(22-3)8-9-18(15)19;1-5(2,3)4;;/h8,10-12H,5-7H2,1-4H3;1H3,(H,2,3,4);1H3;/q-1;;-1;. The van der Waals surface area contributed by atoms with Crippen LogP contribution in [0.1, 0.15) is 35.1 Å². The van der Waals surface area contributed by atoms with Crippen LogP contribution in [0.2, 0.25) is 0 Å². The van der Waals surface area contributed by atoms with E-state index < -0.39 is 10.1 Å². The Balaban J connectivity index is 0.00000108. The Bertz CT molecular complexity index is 956. The Kier molecular flexibility index (Phi) is 11.5. The molecule has 169 valence electrons. The molecule has 0 saturated heterocycles. The molecule has 8 heteroatoms. The summed E-state index contributed by atoms with van der Waals surface area (Å²) in [4.78, 5) is 4.90. The van der Waals surface area contributed by atoms with Crippen LogP contribution in [0.4, 0.5) is 5.69 Å². The molecule has 0 spiro atoms. The summed E-state index contributed by atoms with van der Waals surface area (Å²) in [7, 11) is -0.267. The van der Waals surface area contributed by atoms with Crippen molar-refractivity contribution < 1.29 is 42.5 Å². The molecule has 2 aromatic rings. The summed E-state index contributed by atoms with van der Waals surface area (Å²) in [6.45, 7) is 4.11. The molecule has 0 heterocycles. The second kappa shape index (κ2) is 12.2. The van der Waals surface area contributed by atoms with Gasteiger partial charge in [-0.05, 0) is 49.2 Å². The van der Waals surface area contributed by atoms with E-state index in [1.165, 1.54) is 5.56 Å². The zero-order valence-corrected chi connectivity index (χ0v) is 21.4. The Morgan fingerprint density at radius 1 is 1.07 bits per heavy atom. The minimum absolute atomic E-state index is 0. The summed E-state index contributed by atoms with van der Waals surface area (Å²) >= 11 is 0. The number of fused-ring (bicyclic) bond motifs is 1. The Hall–Kier alpha value is -1.73. The van der Waals surface area contributed by atoms with Gasteiger partial charge in [-0.3, -0.25) is 4.55 Å². The molecule has 6 nitrogen and oxygen atoms in total. The summed E-state index contributed by atoms with van der Waals surface area (Å²) < 4.78 is 36.6. The van der Waals surface area contributed by atoms with Gasteiger partial charge in [0.05, 0.1) is 26.2 Å². The van der Waals surface area contributed by atoms with Crippen LogP contribution in [-0.2, 0) is 36.6 Å². The third-order valence-corrected chi connectivity index (χ3v) is 4.29. The van der Waals surface area contributed by atoms with E-state index in [1.54, 1.807) is 14.2 Å². The van der Waals surface area contributed by atoms with Gasteiger partial charge in [-0.15, -0.1) is 29.3 Å². The van der Waals surface area contributed by atoms with Crippen molar-refractivity contribution in [2.24, 2.45) is 4.99 Å². The van der Waals surface area contributed by atoms with Crippen LogP contribution in [0.25, 0.3) is 0 Å². The first-order chi connectivity index (χ1) is 13.1. The smallest absolute Gasteiger partial charge is 0.261 e. The quantitative estimate of drug-likeness (QED) is 0.408. The van der Waals surface area contributed by atoms with Gasteiger partial charge in [0.15, 0.2) is 0 Å². The molecular weight excluding hydrogens is 583 g/mol. The fourth-order valence-corrected chi connectivity index (χ4v) is 3.26. The zero-order chi connectivity index (χ0) is 20.9. The second-order valence-electron chi connectivity index (χ2n) is 6.70. The van der Waals surface area contributed by atoms with Gasteiger partial charge in [0.1, 0.15) is 5.75 Å². The van der Waals surface area contributed by atoms with Crippen molar-refractivity contribution in [3.63, 3.8) is 0 Å². The van der Waals surface area contributed by atoms with Crippen molar-refractivity contribution in [2.75, 3.05) is 20.5 Å². The van der Waals surface area contributed by atoms with Crippen LogP contribution >= 0.6 is 0 Å². The fraction of sp³-hybridized carbons (Fsp3) is 0.364. The Morgan fingerprint density at radius 2 is 1.63 bits per heavy atom. The van der Waals surface area contributed by atoms with E-state index in [-0.39, 0.29) is 27.5 Å². The topological polar surface area (TPSA) is 85.2 Å². The molecule has 1 aliphatic rings. The fourth-order valence-electron chi connectivity index (χ4n) is 3.26. The third-order valence-electron chi connectivity index (χ3n) is 4.29. The van der Waals surface area contributed by atoms with Gasteiger partial charge in [0.25, 0.3) is 10.1 Å². The molecule has 0 amide bonds. The zero-order valence-electron chi connectivity index (χ0n) is 18.2. The van der Waals surface area contributed by atoms with Crippen molar-refractivity contribution in [1.82, 2.24) is 0 Å². The molecule has 0 aromatic heterocycles. The monoisotopic (exact) mass is 612 g/mol. The van der Waals surface area contributed by atoms with E-state index >= 15 is 0 Å². The minimum atomic E-state index is -3.67. The molecule has 1 N–H and O–H groups in total. The number of hydrogen-bond acceptors (Lipinski definition) is 5. The number of benzene rings is 2. The van der Waals surface area contributed by atoms with Crippen LogP contribution in [0.3, 0.4) is 0 Å². The van der Waals surface area contributed by atoms with Gasteiger partial charge < -0.3 is 21.9 Å². The van der Waals surface area contributed by atoms with Crippen LogP contribution in [-0.4, -0.2) is 39.2 Å². The summed E-state index contributed by atoms with van der Waals surface area (Å²) in [6.07, 6.45) is 3.87. The summed E-state index contributed by atoms with van der Waals surface area (Å²) in [5.41, 5.74) is 6.72. The van der Waals surface area contributed by atoms with E-state index in [2.05, 4.69) is 38.1 Å². The molecule has 30 heavy (non-hydrogen) atoms. The normalized spacial score (nSPS) is 13.7. The summed E-state index contributed by atoms with van der Waals surface area (Å²) in [6, 6.07) is 11.5. The maximum atomic E-state index is 9.19. The first kappa shape index (κ1) is 28.3. The van der Waals surface area contributed by atoms with Crippen molar-refractivity contribution in [3.8, 4) is 11.5 Å². The van der Waals surface area contributed by atoms with Crippen LogP contribution in [0.5, 0.6) is 11.5 Å². The van der Waals surface area contributed by atoms with Crippen molar-refractivity contribution in [2.45, 2.75) is 33.1 Å². The molecule has 0 fully saturated rings. The van der Waals surface area contributed by atoms with Crippen molar-refractivity contribution in [1.29, 1.82) is 0 Å². The van der Waals surface area contributed by atoms with Gasteiger partial charge >= 0.3 is 0 Å². The van der Waals surface area contributed by atoms with Gasteiger partial charge in [-0.2, -0.15) is 8.42 Å². The maximum absolute atomic E-state index is 9.19. The number of methoxy groups -OCH3 is 2. The SMILES string of the molecule is COc1c[c-]c2c(c1)CCCC2=Nc1cc(C)c(OC)c(C)c1.CS(=O)(=O)O.[CH3-].[Ir]. The first-order valence-electron chi connectivity index (χ1n) is 8.86. The van der Waals surface area contributed by atoms with E-state index in [1.807, 2.05) is 6.07 Å². The molecule has 0 saturated carbocycles. The van der Waals surface area contributed by atoms with E-state index in [9.17, 15) is 8.42 Å². The van der Waals surface area contributed by atoms with Gasteiger partial charge in [0, 0.05) is 25.9 Å². The molecule has 0 aliphatic heterocycles. The van der Waals surface area contributed by atoms with Gasteiger partial charge in [-0.25, -0.2) is 0 Å². The predicted molar refractivity (Wildman–Crippen MR) is 117 cm³/mol. The molecule has 0 unspecified atom stereocenters. The van der Waals surface area contributed by atoms with Crippen molar-refractivity contribution in [3.05, 3.63) is 60.0 Å². The number of ether oxygens (including phenoxy) is 2. The summed E-state index contributed by atoms with van der Waals surface area (Å²) in [5.74, 6) is 1.80. The Labute approximate surface area is 193 Å². The molecule has 3 rings (SSSR count). The van der Waals surface area contributed by atoms with E-state index in [4.69, 9.17) is 19.0 Å². The Morgan fingerprint density at radius 3 is 2.13 bits per heavy atom. The van der Waals surface area contributed by atoms with E-state index in [0.29, 0.717) is 6.26 Å². The molecule has 0 atom stereocenters. The van der Waals surface area contributed by atoms with E-state index in [0.717, 1.165) is 58.9 Å². The second-order valence-corrected chi connectivity index (χ2v) is 8.16. The average Bonchev–Trinajstić information content (AvgIpc) is 2.60. The third kappa shape index (κ3) is 8.19. The number of hydrogen-bond donors (Lipinski definition) is 1.